The molecule has 1 aliphatic heterocycles. The zero-order valence-electron chi connectivity index (χ0n) is 16.5. The molecule has 2 aromatic rings. The molecule has 0 saturated carbocycles. The summed E-state index contributed by atoms with van der Waals surface area (Å²) in [6.45, 7) is -1.16. The van der Waals surface area contributed by atoms with Crippen LogP contribution >= 0.6 is 0 Å². The van der Waals surface area contributed by atoms with Gasteiger partial charge < -0.3 is 14.8 Å². The van der Waals surface area contributed by atoms with Crippen LogP contribution in [0, 0.1) is 0 Å². The molecule has 3 rings (SSSR count). The average molecular weight is 445 g/mol. The predicted octanol–water partition coefficient (Wildman–Crippen LogP) is 0.753. The first-order valence-corrected chi connectivity index (χ1v) is 10.3. The predicted molar refractivity (Wildman–Crippen MR) is 100 cm³/mol. The molecule has 164 valence electrons. The third-order valence-corrected chi connectivity index (χ3v) is 6.58. The molecule has 0 aliphatic carbocycles. The summed E-state index contributed by atoms with van der Waals surface area (Å²) in [7, 11) is -0.121. The monoisotopic (exact) mass is 445 g/mol. The van der Waals surface area contributed by atoms with Crippen molar-refractivity contribution in [1.82, 2.24) is 24.6 Å². The normalized spacial score (nSPS) is 18.9. The van der Waals surface area contributed by atoms with Gasteiger partial charge in [0.1, 0.15) is 0 Å². The Balaban J connectivity index is 1.91. The lowest BCUT2D eigenvalue weighted by atomic mass is 10.2. The van der Waals surface area contributed by atoms with E-state index in [-0.39, 0.29) is 22.9 Å². The summed E-state index contributed by atoms with van der Waals surface area (Å²) in [5, 5.41) is 9.78. The van der Waals surface area contributed by atoms with Gasteiger partial charge in [0.05, 0.1) is 44.4 Å². The van der Waals surface area contributed by atoms with E-state index < -0.39 is 40.9 Å². The zero-order chi connectivity index (χ0) is 22.1. The van der Waals surface area contributed by atoms with Crippen LogP contribution in [0.5, 0.6) is 11.5 Å². The molecule has 1 amide bonds. The quantitative estimate of drug-likeness (QED) is 0.669. The molecule has 0 bridgehead atoms. The highest BCUT2D eigenvalue weighted by atomic mass is 32.2. The van der Waals surface area contributed by atoms with Crippen LogP contribution in [-0.4, -0.2) is 73.4 Å². The minimum absolute atomic E-state index is 0.00319. The molecule has 10 nitrogen and oxygen atoms in total. The third-order valence-electron chi connectivity index (χ3n) is 4.69. The van der Waals surface area contributed by atoms with E-state index in [1.807, 2.05) is 0 Å². The van der Waals surface area contributed by atoms with Crippen LogP contribution in [-0.2, 0) is 16.6 Å². The van der Waals surface area contributed by atoms with E-state index in [0.29, 0.717) is 5.75 Å². The van der Waals surface area contributed by atoms with E-state index in [1.165, 1.54) is 50.3 Å². The number of alkyl halides is 2. The van der Waals surface area contributed by atoms with Gasteiger partial charge in [0.2, 0.25) is 10.0 Å². The van der Waals surface area contributed by atoms with Crippen molar-refractivity contribution in [3.05, 3.63) is 30.1 Å². The Kier molecular flexibility index (Phi) is 5.94. The van der Waals surface area contributed by atoms with Gasteiger partial charge >= 0.3 is 0 Å². The lowest BCUT2D eigenvalue weighted by molar-refractivity contribution is 0.0168. The number of hydrogen-bond acceptors (Lipinski definition) is 7. The fraction of sp³-hybridized carbons (Fsp3) is 0.471. The van der Waals surface area contributed by atoms with Crippen LogP contribution in [0.1, 0.15) is 16.9 Å². The van der Waals surface area contributed by atoms with Crippen molar-refractivity contribution in [2.75, 3.05) is 27.8 Å². The number of benzene rings is 1. The number of halogens is 2. The first-order chi connectivity index (χ1) is 14.1. The number of amides is 1. The number of aromatic nitrogens is 3. The summed E-state index contributed by atoms with van der Waals surface area (Å²) in [5.74, 6) is -3.23. The number of sulfonamides is 1. The molecular formula is C17H21F2N5O5S. The Bertz CT molecular complexity index is 1040. The van der Waals surface area contributed by atoms with E-state index in [0.717, 1.165) is 4.31 Å². The number of ether oxygens (including phenoxy) is 2. The van der Waals surface area contributed by atoms with Crippen LogP contribution in [0.25, 0.3) is 0 Å². The Morgan fingerprint density at radius 3 is 2.63 bits per heavy atom. The summed E-state index contributed by atoms with van der Waals surface area (Å²) < 4.78 is 66.8. The molecule has 1 saturated heterocycles. The second-order valence-corrected chi connectivity index (χ2v) is 8.58. The minimum Gasteiger partial charge on any atom is -0.493 e. The van der Waals surface area contributed by atoms with Gasteiger partial charge in [-0.15, -0.1) is 5.10 Å². The Hall–Kier alpha value is -2.80. The highest BCUT2D eigenvalue weighted by molar-refractivity contribution is 7.89. The first-order valence-electron chi connectivity index (χ1n) is 8.85. The fourth-order valence-electron chi connectivity index (χ4n) is 3.25. The van der Waals surface area contributed by atoms with Gasteiger partial charge in [-0.2, -0.15) is 4.31 Å². The number of nitrogens with zero attached hydrogens (tertiary/aromatic N) is 4. The molecule has 0 radical (unpaired) electrons. The van der Waals surface area contributed by atoms with Gasteiger partial charge in [0.15, 0.2) is 17.2 Å². The average Bonchev–Trinajstić information content (AvgIpc) is 3.30. The fourth-order valence-corrected chi connectivity index (χ4v) is 4.91. The molecule has 2 heterocycles. The maximum Gasteiger partial charge on any atom is 0.273 e. The molecule has 1 aromatic heterocycles. The van der Waals surface area contributed by atoms with Crippen LogP contribution in [0.2, 0.25) is 0 Å². The second kappa shape index (κ2) is 8.14. The molecule has 1 atom stereocenters. The van der Waals surface area contributed by atoms with Gasteiger partial charge in [-0.05, 0) is 12.1 Å². The summed E-state index contributed by atoms with van der Waals surface area (Å²) in [4.78, 5) is 11.4. The van der Waals surface area contributed by atoms with Crippen molar-refractivity contribution in [3.8, 4) is 11.5 Å². The van der Waals surface area contributed by atoms with Crippen LogP contribution in [0.15, 0.2) is 29.3 Å². The molecule has 1 fully saturated rings. The maximum atomic E-state index is 14.2. The molecule has 1 aromatic carbocycles. The SMILES string of the molecule is CNC(=O)c1cn(CC2CC(F)(F)CN2S(=O)(=O)c2ccc(OC)c(OC)c2)nn1. The number of carbonyl (C=O) groups excluding carboxylic acids is 1. The van der Waals surface area contributed by atoms with Crippen molar-refractivity contribution in [2.45, 2.75) is 29.8 Å². The van der Waals surface area contributed by atoms with Gasteiger partial charge in [0.25, 0.3) is 11.8 Å². The summed E-state index contributed by atoms with van der Waals surface area (Å²) in [6.07, 6.45) is 0.588. The van der Waals surface area contributed by atoms with Gasteiger partial charge in [-0.1, -0.05) is 5.21 Å². The standard InChI is InChI=1S/C17H21F2N5O5S/c1-20-16(25)13-9-23(22-21-13)8-11-7-17(18,19)10-24(11)30(26,27)12-4-5-14(28-2)15(6-12)29-3/h4-6,9,11H,7-8,10H2,1-3H3,(H,20,25). The van der Waals surface area contributed by atoms with E-state index in [4.69, 9.17) is 9.47 Å². The summed E-state index contributed by atoms with van der Waals surface area (Å²) in [5.41, 5.74) is -0.00319. The highest BCUT2D eigenvalue weighted by Gasteiger charge is 2.50. The van der Waals surface area contributed by atoms with Crippen molar-refractivity contribution in [1.29, 1.82) is 0 Å². The van der Waals surface area contributed by atoms with E-state index in [2.05, 4.69) is 15.6 Å². The molecule has 1 N–H and O–H groups in total. The van der Waals surface area contributed by atoms with Crippen LogP contribution in [0.3, 0.4) is 0 Å². The van der Waals surface area contributed by atoms with E-state index in [9.17, 15) is 22.0 Å². The molecule has 30 heavy (non-hydrogen) atoms. The molecule has 13 heteroatoms. The lowest BCUT2D eigenvalue weighted by Crippen LogP contribution is -2.38. The van der Waals surface area contributed by atoms with E-state index in [1.54, 1.807) is 0 Å². The lowest BCUT2D eigenvalue weighted by Gasteiger charge is -2.23. The van der Waals surface area contributed by atoms with Crippen molar-refractivity contribution >= 4 is 15.9 Å². The van der Waals surface area contributed by atoms with Crippen LogP contribution in [0.4, 0.5) is 8.78 Å². The molecule has 1 unspecified atom stereocenters. The van der Waals surface area contributed by atoms with Crippen molar-refractivity contribution < 1.29 is 31.5 Å². The summed E-state index contributed by atoms with van der Waals surface area (Å²) in [6, 6.07) is 2.80. The number of carbonyl (C=O) groups is 1. The maximum absolute atomic E-state index is 14.2. The molecule has 0 spiro atoms. The third kappa shape index (κ3) is 4.21. The topological polar surface area (TPSA) is 116 Å². The number of rotatable bonds is 7. The number of methoxy groups -OCH3 is 2. The molecular weight excluding hydrogens is 424 g/mol. The highest BCUT2D eigenvalue weighted by Crippen LogP contribution is 2.38. The van der Waals surface area contributed by atoms with E-state index >= 15 is 0 Å². The summed E-state index contributed by atoms with van der Waals surface area (Å²) >= 11 is 0. The minimum atomic E-state index is -4.27. The van der Waals surface area contributed by atoms with Crippen LogP contribution < -0.4 is 14.8 Å². The van der Waals surface area contributed by atoms with Gasteiger partial charge in [0, 0.05) is 19.5 Å². The smallest absolute Gasteiger partial charge is 0.273 e. The largest absolute Gasteiger partial charge is 0.493 e. The zero-order valence-corrected chi connectivity index (χ0v) is 17.3. The Labute approximate surface area is 171 Å². The Morgan fingerprint density at radius 1 is 1.30 bits per heavy atom. The second-order valence-electron chi connectivity index (χ2n) is 6.69. The number of hydrogen-bond donors (Lipinski definition) is 1. The van der Waals surface area contributed by atoms with Gasteiger partial charge in [-0.25, -0.2) is 17.2 Å². The first kappa shape index (κ1) is 21.9. The molecule has 1 aliphatic rings. The van der Waals surface area contributed by atoms with Gasteiger partial charge in [-0.3, -0.25) is 9.48 Å². The van der Waals surface area contributed by atoms with Crippen molar-refractivity contribution in [3.63, 3.8) is 0 Å². The van der Waals surface area contributed by atoms with Crippen molar-refractivity contribution in [2.24, 2.45) is 0 Å². The Morgan fingerprint density at radius 2 is 2.00 bits per heavy atom. The number of nitrogens with one attached hydrogen (secondary N) is 1.